The molecule has 0 radical (unpaired) electrons. The van der Waals surface area contributed by atoms with Gasteiger partial charge in [-0.2, -0.15) is 0 Å². The summed E-state index contributed by atoms with van der Waals surface area (Å²) in [6, 6.07) is 0. The van der Waals surface area contributed by atoms with Crippen LogP contribution in [0.3, 0.4) is 0 Å². The first-order valence-corrected chi connectivity index (χ1v) is 7.81. The molecule has 0 aliphatic carbocycles. The Morgan fingerprint density at radius 2 is 2.43 bits per heavy atom. The van der Waals surface area contributed by atoms with Gasteiger partial charge in [-0.15, -0.1) is 11.3 Å². The van der Waals surface area contributed by atoms with E-state index in [1.54, 1.807) is 6.92 Å². The van der Waals surface area contributed by atoms with Crippen LogP contribution >= 0.6 is 11.3 Å². The van der Waals surface area contributed by atoms with E-state index in [-0.39, 0.29) is 0 Å². The predicted molar refractivity (Wildman–Crippen MR) is 81.2 cm³/mol. The lowest BCUT2D eigenvalue weighted by molar-refractivity contribution is 0.0701. The van der Waals surface area contributed by atoms with Crippen molar-refractivity contribution in [1.82, 2.24) is 9.97 Å². The lowest BCUT2D eigenvalue weighted by atomic mass is 10.1. The number of aryl methyl sites for hydroxylation is 1. The third kappa shape index (κ3) is 2.84. The second kappa shape index (κ2) is 5.95. The van der Waals surface area contributed by atoms with Crippen molar-refractivity contribution in [2.24, 2.45) is 0 Å². The van der Waals surface area contributed by atoms with Gasteiger partial charge in [-0.3, -0.25) is 0 Å². The number of aromatic nitrogens is 2. The van der Waals surface area contributed by atoms with Gasteiger partial charge in [0.05, 0.1) is 11.5 Å². The highest BCUT2D eigenvalue weighted by Gasteiger charge is 2.19. The zero-order chi connectivity index (χ0) is 14.8. The minimum Gasteiger partial charge on any atom is -0.477 e. The molecule has 2 aromatic rings. The molecule has 1 unspecified atom stereocenters. The van der Waals surface area contributed by atoms with Gasteiger partial charge in [-0.1, -0.05) is 0 Å². The second-order valence-corrected chi connectivity index (χ2v) is 6.11. The smallest absolute Gasteiger partial charge is 0.346 e. The Morgan fingerprint density at radius 3 is 3.14 bits per heavy atom. The summed E-state index contributed by atoms with van der Waals surface area (Å²) in [5.41, 5.74) is 0.725. The first-order chi connectivity index (χ1) is 10.2. The molecule has 3 rings (SSSR count). The molecule has 7 heteroatoms. The average molecular weight is 307 g/mol. The van der Waals surface area contributed by atoms with Gasteiger partial charge in [0, 0.05) is 13.2 Å². The van der Waals surface area contributed by atoms with Crippen molar-refractivity contribution < 1.29 is 14.6 Å². The number of carbonyl (C=O) groups is 1. The van der Waals surface area contributed by atoms with Gasteiger partial charge in [-0.05, 0) is 31.7 Å². The Bertz CT molecular complexity index is 665. The third-order valence-corrected chi connectivity index (χ3v) is 4.89. The molecule has 1 aliphatic heterocycles. The predicted octanol–water partition coefficient (Wildman–Crippen LogP) is 2.68. The van der Waals surface area contributed by atoms with Crippen LogP contribution < -0.4 is 5.32 Å². The average Bonchev–Trinajstić information content (AvgIpc) is 3.07. The molecular formula is C14H17N3O3S. The van der Waals surface area contributed by atoms with Gasteiger partial charge in [0.2, 0.25) is 0 Å². The van der Waals surface area contributed by atoms with Crippen molar-refractivity contribution in [2.45, 2.75) is 32.3 Å². The quantitative estimate of drug-likeness (QED) is 0.883. The maximum atomic E-state index is 11.2. The van der Waals surface area contributed by atoms with Crippen molar-refractivity contribution in [3.63, 3.8) is 0 Å². The molecule has 6 nitrogen and oxygen atoms in total. The Kier molecular flexibility index (Phi) is 4.03. The highest BCUT2D eigenvalue weighted by atomic mass is 32.1. The molecule has 0 spiro atoms. The number of carboxylic acid groups (broad SMARTS) is 1. The number of hydrogen-bond donors (Lipinski definition) is 2. The minimum absolute atomic E-state index is 0.327. The Morgan fingerprint density at radius 1 is 1.57 bits per heavy atom. The van der Waals surface area contributed by atoms with E-state index in [0.717, 1.165) is 43.4 Å². The van der Waals surface area contributed by atoms with Crippen LogP contribution in [0.2, 0.25) is 0 Å². The van der Waals surface area contributed by atoms with Crippen LogP contribution in [0.4, 0.5) is 5.82 Å². The molecule has 1 aliphatic rings. The molecule has 1 fully saturated rings. The minimum atomic E-state index is -0.916. The fourth-order valence-electron chi connectivity index (χ4n) is 2.63. The summed E-state index contributed by atoms with van der Waals surface area (Å²) in [4.78, 5) is 20.7. The largest absolute Gasteiger partial charge is 0.477 e. The molecule has 3 heterocycles. The second-order valence-electron chi connectivity index (χ2n) is 5.11. The van der Waals surface area contributed by atoms with Crippen LogP contribution in [-0.4, -0.2) is 40.3 Å². The molecule has 2 N–H and O–H groups in total. The number of carboxylic acids is 1. The normalized spacial score (nSPS) is 18.2. The molecule has 21 heavy (non-hydrogen) atoms. The summed E-state index contributed by atoms with van der Waals surface area (Å²) in [5, 5.41) is 13.3. The van der Waals surface area contributed by atoms with Crippen LogP contribution in [0.15, 0.2) is 6.33 Å². The van der Waals surface area contributed by atoms with E-state index in [9.17, 15) is 9.90 Å². The first-order valence-electron chi connectivity index (χ1n) is 6.99. The molecule has 1 saturated heterocycles. The zero-order valence-corrected chi connectivity index (χ0v) is 12.6. The van der Waals surface area contributed by atoms with Crippen molar-refractivity contribution in [2.75, 3.05) is 18.5 Å². The van der Waals surface area contributed by atoms with Crippen molar-refractivity contribution >= 4 is 33.3 Å². The van der Waals surface area contributed by atoms with E-state index >= 15 is 0 Å². The molecule has 0 aromatic carbocycles. The fourth-order valence-corrected chi connectivity index (χ4v) is 3.62. The Balaban J connectivity index is 1.79. The van der Waals surface area contributed by atoms with Crippen LogP contribution in [0.1, 0.15) is 34.5 Å². The SMILES string of the molecule is Cc1c(C(=O)O)sc2ncnc(NCCC3CCCO3)c12. The van der Waals surface area contributed by atoms with Crippen LogP contribution in [0.25, 0.3) is 10.2 Å². The molecule has 1 atom stereocenters. The van der Waals surface area contributed by atoms with E-state index in [1.807, 2.05) is 0 Å². The molecule has 2 aromatic heterocycles. The number of thiophene rings is 1. The summed E-state index contributed by atoms with van der Waals surface area (Å²) >= 11 is 1.19. The number of nitrogens with zero attached hydrogens (tertiary/aromatic N) is 2. The van der Waals surface area contributed by atoms with Crippen LogP contribution in [-0.2, 0) is 4.74 Å². The van der Waals surface area contributed by atoms with Gasteiger partial charge < -0.3 is 15.2 Å². The molecular weight excluding hydrogens is 290 g/mol. The fraction of sp³-hybridized carbons (Fsp3) is 0.500. The van der Waals surface area contributed by atoms with Crippen LogP contribution in [0.5, 0.6) is 0 Å². The molecule has 0 bridgehead atoms. The van der Waals surface area contributed by atoms with Crippen LogP contribution in [0, 0.1) is 6.92 Å². The molecule has 0 saturated carbocycles. The highest BCUT2D eigenvalue weighted by molar-refractivity contribution is 7.20. The number of aromatic carboxylic acids is 1. The Hall–Kier alpha value is -1.73. The van der Waals surface area contributed by atoms with Gasteiger partial charge in [-0.25, -0.2) is 14.8 Å². The number of rotatable bonds is 5. The molecule has 0 amide bonds. The Labute approximate surface area is 126 Å². The van der Waals surface area contributed by atoms with E-state index in [1.165, 1.54) is 17.7 Å². The van der Waals surface area contributed by atoms with Gasteiger partial charge >= 0.3 is 5.97 Å². The van der Waals surface area contributed by atoms with Crippen molar-refractivity contribution in [3.05, 3.63) is 16.8 Å². The van der Waals surface area contributed by atoms with E-state index in [4.69, 9.17) is 4.74 Å². The lowest BCUT2D eigenvalue weighted by Gasteiger charge is -2.11. The van der Waals surface area contributed by atoms with Gasteiger partial charge in [0.1, 0.15) is 21.9 Å². The third-order valence-electron chi connectivity index (χ3n) is 3.70. The maximum Gasteiger partial charge on any atom is 0.346 e. The summed E-state index contributed by atoms with van der Waals surface area (Å²) < 4.78 is 5.59. The van der Waals surface area contributed by atoms with Gasteiger partial charge in [0.15, 0.2) is 0 Å². The number of anilines is 1. The van der Waals surface area contributed by atoms with Crippen molar-refractivity contribution in [3.8, 4) is 0 Å². The highest BCUT2D eigenvalue weighted by Crippen LogP contribution is 2.33. The maximum absolute atomic E-state index is 11.2. The summed E-state index contributed by atoms with van der Waals surface area (Å²) in [6.07, 6.45) is 4.97. The van der Waals surface area contributed by atoms with E-state index in [0.29, 0.717) is 21.6 Å². The topological polar surface area (TPSA) is 84.3 Å². The number of nitrogens with one attached hydrogen (secondary N) is 1. The monoisotopic (exact) mass is 307 g/mol. The van der Waals surface area contributed by atoms with E-state index < -0.39 is 5.97 Å². The summed E-state index contributed by atoms with van der Waals surface area (Å²) in [5.74, 6) is -0.208. The standard InChI is InChI=1S/C14H17N3O3S/c1-8-10-12(15-5-4-9-3-2-6-20-9)16-7-17-13(10)21-11(8)14(18)19/h7,9H,2-6H2,1H3,(H,18,19)(H,15,16,17). The zero-order valence-electron chi connectivity index (χ0n) is 11.8. The van der Waals surface area contributed by atoms with Crippen molar-refractivity contribution in [1.29, 1.82) is 0 Å². The van der Waals surface area contributed by atoms with E-state index in [2.05, 4.69) is 15.3 Å². The lowest BCUT2D eigenvalue weighted by Crippen LogP contribution is -2.13. The number of fused-ring (bicyclic) bond motifs is 1. The summed E-state index contributed by atoms with van der Waals surface area (Å²) in [6.45, 7) is 3.42. The molecule has 112 valence electrons. The summed E-state index contributed by atoms with van der Waals surface area (Å²) in [7, 11) is 0. The number of hydrogen-bond acceptors (Lipinski definition) is 6. The number of ether oxygens (including phenoxy) is 1. The van der Waals surface area contributed by atoms with Gasteiger partial charge in [0.25, 0.3) is 0 Å². The first kappa shape index (κ1) is 14.2.